The molecule has 0 spiro atoms. The molecule has 0 aromatic heterocycles. The molecule has 1 saturated heterocycles. The lowest BCUT2D eigenvalue weighted by atomic mass is 10.1. The van der Waals surface area contributed by atoms with E-state index >= 15 is 0 Å². The molecule has 0 radical (unpaired) electrons. The summed E-state index contributed by atoms with van der Waals surface area (Å²) in [5, 5.41) is 6.46. The van der Waals surface area contributed by atoms with E-state index in [2.05, 4.69) is 10.6 Å². The van der Waals surface area contributed by atoms with Crippen molar-refractivity contribution in [2.75, 3.05) is 19.7 Å². The minimum Gasteiger partial charge on any atom is -0.491 e. The van der Waals surface area contributed by atoms with Gasteiger partial charge in [0.1, 0.15) is 12.4 Å². The van der Waals surface area contributed by atoms with Crippen LogP contribution < -0.4 is 15.4 Å². The second kappa shape index (κ2) is 5.34. The van der Waals surface area contributed by atoms with E-state index in [0.717, 1.165) is 18.8 Å². The van der Waals surface area contributed by atoms with Gasteiger partial charge in [0, 0.05) is 5.92 Å². The van der Waals surface area contributed by atoms with Gasteiger partial charge in [-0.2, -0.15) is 0 Å². The van der Waals surface area contributed by atoms with E-state index in [9.17, 15) is 4.79 Å². The summed E-state index contributed by atoms with van der Waals surface area (Å²) in [6.07, 6.45) is 0. The summed E-state index contributed by atoms with van der Waals surface area (Å²) in [5.41, 5.74) is 0.818. The maximum absolute atomic E-state index is 12.3. The van der Waals surface area contributed by atoms with Gasteiger partial charge in [-0.25, -0.2) is 0 Å². The highest BCUT2D eigenvalue weighted by Crippen LogP contribution is 2.48. The predicted octanol–water partition coefficient (Wildman–Crippen LogP) is 1.73. The molecular formula is C17H24N2O2. The summed E-state index contributed by atoms with van der Waals surface area (Å²) < 4.78 is 5.82. The molecule has 0 bridgehead atoms. The van der Waals surface area contributed by atoms with Crippen LogP contribution in [0, 0.1) is 24.7 Å². The standard InChI is InChI=1S/C17H24N2O2/c1-11-5-4-6-12(7-11)21-10-17(2,3)19-16(20)15-13-8-18-9-14(13)15/h4-7,13-15,18H,8-10H2,1-3H3,(H,19,20). The minimum absolute atomic E-state index is 0.185. The van der Waals surface area contributed by atoms with Crippen LogP contribution in [-0.2, 0) is 4.79 Å². The summed E-state index contributed by atoms with van der Waals surface area (Å²) >= 11 is 0. The molecule has 1 aromatic rings. The van der Waals surface area contributed by atoms with Crippen molar-refractivity contribution in [2.24, 2.45) is 17.8 Å². The number of nitrogens with one attached hydrogen (secondary N) is 2. The zero-order chi connectivity index (χ0) is 15.0. The van der Waals surface area contributed by atoms with Crippen LogP contribution in [0.1, 0.15) is 19.4 Å². The second-order valence-corrected chi connectivity index (χ2v) is 6.99. The van der Waals surface area contributed by atoms with E-state index in [-0.39, 0.29) is 17.4 Å². The summed E-state index contributed by atoms with van der Waals surface area (Å²) in [6.45, 7) is 8.52. The van der Waals surface area contributed by atoms with Gasteiger partial charge >= 0.3 is 0 Å². The Morgan fingerprint density at radius 3 is 2.76 bits per heavy atom. The van der Waals surface area contributed by atoms with E-state index in [1.54, 1.807) is 0 Å². The van der Waals surface area contributed by atoms with Gasteiger partial charge in [0.25, 0.3) is 0 Å². The highest BCUT2D eigenvalue weighted by molar-refractivity contribution is 5.83. The lowest BCUT2D eigenvalue weighted by Gasteiger charge is -2.27. The first-order chi connectivity index (χ1) is 9.96. The fraction of sp³-hybridized carbons (Fsp3) is 0.588. The van der Waals surface area contributed by atoms with Crippen molar-refractivity contribution in [2.45, 2.75) is 26.3 Å². The van der Waals surface area contributed by atoms with E-state index < -0.39 is 0 Å². The Kier molecular flexibility index (Phi) is 3.66. The largest absolute Gasteiger partial charge is 0.491 e. The summed E-state index contributed by atoms with van der Waals surface area (Å²) in [7, 11) is 0. The molecule has 2 atom stereocenters. The summed E-state index contributed by atoms with van der Waals surface area (Å²) in [6, 6.07) is 7.98. The van der Waals surface area contributed by atoms with Gasteiger partial charge in [0.2, 0.25) is 5.91 Å². The molecule has 1 amide bonds. The number of hydrogen-bond donors (Lipinski definition) is 2. The van der Waals surface area contributed by atoms with Gasteiger partial charge in [0.05, 0.1) is 5.54 Å². The molecule has 21 heavy (non-hydrogen) atoms. The fourth-order valence-corrected chi connectivity index (χ4v) is 3.23. The molecular weight excluding hydrogens is 264 g/mol. The lowest BCUT2D eigenvalue weighted by Crippen LogP contribution is -2.49. The third-order valence-electron chi connectivity index (χ3n) is 4.45. The Morgan fingerprint density at radius 2 is 2.10 bits per heavy atom. The zero-order valence-electron chi connectivity index (χ0n) is 13.0. The third-order valence-corrected chi connectivity index (χ3v) is 4.45. The smallest absolute Gasteiger partial charge is 0.224 e. The van der Waals surface area contributed by atoms with Crippen LogP contribution in [0.4, 0.5) is 0 Å². The fourth-order valence-electron chi connectivity index (χ4n) is 3.23. The SMILES string of the molecule is Cc1cccc(OCC(C)(C)NC(=O)C2C3CNCC32)c1. The molecule has 1 heterocycles. The Bertz CT molecular complexity index is 531. The van der Waals surface area contributed by atoms with Crippen molar-refractivity contribution < 1.29 is 9.53 Å². The number of hydrogen-bond acceptors (Lipinski definition) is 3. The number of amides is 1. The van der Waals surface area contributed by atoms with Gasteiger partial charge < -0.3 is 15.4 Å². The average molecular weight is 288 g/mol. The Labute approximate surface area is 126 Å². The van der Waals surface area contributed by atoms with E-state index in [4.69, 9.17) is 4.74 Å². The third kappa shape index (κ3) is 3.21. The van der Waals surface area contributed by atoms with Crippen LogP contribution in [0.15, 0.2) is 24.3 Å². The lowest BCUT2D eigenvalue weighted by molar-refractivity contribution is -0.125. The van der Waals surface area contributed by atoms with Gasteiger partial charge in [-0.15, -0.1) is 0 Å². The number of rotatable bonds is 5. The van der Waals surface area contributed by atoms with E-state index in [1.807, 2.05) is 45.0 Å². The van der Waals surface area contributed by atoms with Crippen LogP contribution in [0.5, 0.6) is 5.75 Å². The van der Waals surface area contributed by atoms with E-state index in [1.165, 1.54) is 5.56 Å². The van der Waals surface area contributed by atoms with Crippen molar-refractivity contribution in [3.8, 4) is 5.75 Å². The maximum Gasteiger partial charge on any atom is 0.224 e. The first-order valence-corrected chi connectivity index (χ1v) is 7.68. The number of piperidine rings is 1. The number of benzene rings is 1. The Balaban J connectivity index is 1.51. The van der Waals surface area contributed by atoms with Crippen LogP contribution in [-0.4, -0.2) is 31.1 Å². The average Bonchev–Trinajstić information content (AvgIpc) is 2.91. The minimum atomic E-state index is -0.356. The molecule has 2 N–H and O–H groups in total. The molecule has 4 nitrogen and oxygen atoms in total. The second-order valence-electron chi connectivity index (χ2n) is 6.99. The van der Waals surface area contributed by atoms with Crippen molar-refractivity contribution in [3.05, 3.63) is 29.8 Å². The molecule has 4 heteroatoms. The van der Waals surface area contributed by atoms with Crippen LogP contribution in [0.3, 0.4) is 0 Å². The molecule has 1 aliphatic carbocycles. The van der Waals surface area contributed by atoms with Crippen molar-refractivity contribution in [3.63, 3.8) is 0 Å². The van der Waals surface area contributed by atoms with Gasteiger partial charge in [-0.1, -0.05) is 12.1 Å². The Hall–Kier alpha value is -1.55. The normalized spacial score (nSPS) is 27.1. The highest BCUT2D eigenvalue weighted by Gasteiger charge is 2.57. The molecule has 2 unspecified atom stereocenters. The molecule has 1 saturated carbocycles. The van der Waals surface area contributed by atoms with Crippen LogP contribution >= 0.6 is 0 Å². The molecule has 1 aromatic carbocycles. The van der Waals surface area contributed by atoms with E-state index in [0.29, 0.717) is 18.4 Å². The van der Waals surface area contributed by atoms with Gasteiger partial charge in [0.15, 0.2) is 0 Å². The molecule has 2 fully saturated rings. The van der Waals surface area contributed by atoms with Gasteiger partial charge in [-0.3, -0.25) is 4.79 Å². The van der Waals surface area contributed by atoms with Crippen molar-refractivity contribution in [1.82, 2.24) is 10.6 Å². The quantitative estimate of drug-likeness (QED) is 0.867. The molecule has 1 aliphatic heterocycles. The maximum atomic E-state index is 12.3. The number of carbonyl (C=O) groups excluding carboxylic acids is 1. The number of fused-ring (bicyclic) bond motifs is 1. The molecule has 114 valence electrons. The topological polar surface area (TPSA) is 50.4 Å². The van der Waals surface area contributed by atoms with Crippen molar-refractivity contribution in [1.29, 1.82) is 0 Å². The van der Waals surface area contributed by atoms with Crippen LogP contribution in [0.25, 0.3) is 0 Å². The first-order valence-electron chi connectivity index (χ1n) is 7.68. The zero-order valence-corrected chi connectivity index (χ0v) is 13.0. The predicted molar refractivity (Wildman–Crippen MR) is 82.2 cm³/mol. The number of ether oxygens (including phenoxy) is 1. The summed E-state index contributed by atoms with van der Waals surface area (Å²) in [4.78, 5) is 12.3. The highest BCUT2D eigenvalue weighted by atomic mass is 16.5. The number of carbonyl (C=O) groups is 1. The van der Waals surface area contributed by atoms with Crippen molar-refractivity contribution >= 4 is 5.91 Å². The van der Waals surface area contributed by atoms with Crippen LogP contribution in [0.2, 0.25) is 0 Å². The summed E-state index contributed by atoms with van der Waals surface area (Å²) in [5.74, 6) is 2.36. The first kappa shape index (κ1) is 14.4. The Morgan fingerprint density at radius 1 is 1.38 bits per heavy atom. The molecule has 3 rings (SSSR count). The van der Waals surface area contributed by atoms with Gasteiger partial charge in [-0.05, 0) is 63.4 Å². The molecule has 2 aliphatic rings. The monoisotopic (exact) mass is 288 g/mol. The number of aryl methyl sites for hydroxylation is 1.